The largest absolute Gasteiger partial charge is 0.459 e. The van der Waals surface area contributed by atoms with E-state index in [1.54, 1.807) is 0 Å². The predicted molar refractivity (Wildman–Crippen MR) is 91.2 cm³/mol. The van der Waals surface area contributed by atoms with Crippen LogP contribution in [0.15, 0.2) is 40.2 Å². The maximum Gasteiger partial charge on any atom is 0.332 e. The van der Waals surface area contributed by atoms with Crippen LogP contribution < -0.4 is 11.2 Å². The minimum atomic E-state index is -0.498. The molecule has 0 radical (unpaired) electrons. The van der Waals surface area contributed by atoms with Crippen molar-refractivity contribution in [3.63, 3.8) is 0 Å². The first-order chi connectivity index (χ1) is 11.9. The van der Waals surface area contributed by atoms with Crippen LogP contribution in [0.5, 0.6) is 0 Å². The number of benzene rings is 1. The third-order valence-corrected chi connectivity index (χ3v) is 4.00. The first-order valence-electron chi connectivity index (χ1n) is 7.70. The lowest BCUT2D eigenvalue weighted by Gasteiger charge is -2.08. The van der Waals surface area contributed by atoms with Crippen molar-refractivity contribution < 1.29 is 9.53 Å². The van der Waals surface area contributed by atoms with E-state index in [1.807, 2.05) is 31.2 Å². The second-order valence-electron chi connectivity index (χ2n) is 5.90. The summed E-state index contributed by atoms with van der Waals surface area (Å²) in [5.74, 6) is -0.489. The average molecular weight is 342 g/mol. The van der Waals surface area contributed by atoms with Crippen LogP contribution in [-0.4, -0.2) is 24.7 Å². The van der Waals surface area contributed by atoms with Gasteiger partial charge in [-0.3, -0.25) is 18.7 Å². The standard InChI is InChI=1S/C17H18N4O4/c1-11-5-4-6-12(7-11)9-25-13(22)8-21-10-18-15-14(21)16(23)20(3)17(24)19(15)2/h4-7,10H,8-9H2,1-3H3. The molecule has 2 aromatic heterocycles. The SMILES string of the molecule is Cc1cccc(COC(=O)Cn2cnc3c2c(=O)n(C)c(=O)n3C)c1. The monoisotopic (exact) mass is 342 g/mol. The van der Waals surface area contributed by atoms with E-state index in [0.29, 0.717) is 0 Å². The smallest absolute Gasteiger partial charge is 0.332 e. The van der Waals surface area contributed by atoms with Crippen molar-refractivity contribution in [2.45, 2.75) is 20.1 Å². The van der Waals surface area contributed by atoms with E-state index in [0.717, 1.165) is 15.7 Å². The van der Waals surface area contributed by atoms with Crippen LogP contribution in [0.4, 0.5) is 0 Å². The quantitative estimate of drug-likeness (QED) is 0.644. The summed E-state index contributed by atoms with van der Waals surface area (Å²) in [6.45, 7) is 1.96. The molecule has 1 aromatic carbocycles. The van der Waals surface area contributed by atoms with E-state index in [1.165, 1.54) is 29.6 Å². The van der Waals surface area contributed by atoms with Crippen molar-refractivity contribution in [3.8, 4) is 0 Å². The fraction of sp³-hybridized carbons (Fsp3) is 0.294. The van der Waals surface area contributed by atoms with Crippen molar-refractivity contribution in [2.75, 3.05) is 0 Å². The molecule has 3 rings (SSSR count). The Morgan fingerprint density at radius 3 is 2.68 bits per heavy atom. The molecule has 0 unspecified atom stereocenters. The first kappa shape index (κ1) is 16.7. The number of imidazole rings is 1. The number of ether oxygens (including phenoxy) is 1. The summed E-state index contributed by atoms with van der Waals surface area (Å²) in [5, 5.41) is 0. The van der Waals surface area contributed by atoms with Gasteiger partial charge in [-0.05, 0) is 12.5 Å². The molecule has 8 nitrogen and oxygen atoms in total. The van der Waals surface area contributed by atoms with Crippen molar-refractivity contribution in [2.24, 2.45) is 14.1 Å². The van der Waals surface area contributed by atoms with E-state index >= 15 is 0 Å². The Kier molecular flexibility index (Phi) is 4.26. The highest BCUT2D eigenvalue weighted by molar-refractivity contribution is 5.75. The lowest BCUT2D eigenvalue weighted by Crippen LogP contribution is -2.37. The second-order valence-corrected chi connectivity index (χ2v) is 5.90. The number of aromatic nitrogens is 4. The zero-order valence-electron chi connectivity index (χ0n) is 14.2. The van der Waals surface area contributed by atoms with E-state index in [2.05, 4.69) is 4.98 Å². The van der Waals surface area contributed by atoms with Gasteiger partial charge in [0, 0.05) is 14.1 Å². The highest BCUT2D eigenvalue weighted by Gasteiger charge is 2.16. The molecule has 0 saturated heterocycles. The third-order valence-electron chi connectivity index (χ3n) is 4.00. The van der Waals surface area contributed by atoms with Crippen LogP contribution in [0.2, 0.25) is 0 Å². The molecule has 0 atom stereocenters. The molecule has 0 bridgehead atoms. The number of nitrogens with zero attached hydrogens (tertiary/aromatic N) is 4. The number of esters is 1. The maximum atomic E-state index is 12.3. The molecule has 130 valence electrons. The fourth-order valence-electron chi connectivity index (χ4n) is 2.67. The third kappa shape index (κ3) is 3.10. The zero-order chi connectivity index (χ0) is 18.1. The van der Waals surface area contributed by atoms with E-state index in [4.69, 9.17) is 4.74 Å². The Hall–Kier alpha value is -3.16. The second kappa shape index (κ2) is 6.39. The molecule has 3 aromatic rings. The number of fused-ring (bicyclic) bond motifs is 1. The van der Waals surface area contributed by atoms with Gasteiger partial charge < -0.3 is 9.30 Å². The molecule has 8 heteroatoms. The average Bonchev–Trinajstić information content (AvgIpc) is 3.00. The van der Waals surface area contributed by atoms with Gasteiger partial charge in [0.1, 0.15) is 13.2 Å². The van der Waals surface area contributed by atoms with Gasteiger partial charge in [0.2, 0.25) is 0 Å². The molecule has 0 saturated carbocycles. The minimum absolute atomic E-state index is 0.156. The molecule has 0 N–H and O–H groups in total. The van der Waals surface area contributed by atoms with Gasteiger partial charge in [-0.15, -0.1) is 0 Å². The van der Waals surface area contributed by atoms with Gasteiger partial charge in [-0.2, -0.15) is 0 Å². The zero-order valence-corrected chi connectivity index (χ0v) is 14.2. The van der Waals surface area contributed by atoms with Crippen LogP contribution in [0.25, 0.3) is 11.2 Å². The van der Waals surface area contributed by atoms with Crippen molar-refractivity contribution >= 4 is 17.1 Å². The van der Waals surface area contributed by atoms with Crippen molar-refractivity contribution in [1.82, 2.24) is 18.7 Å². The van der Waals surface area contributed by atoms with Crippen molar-refractivity contribution in [3.05, 3.63) is 62.6 Å². The Bertz CT molecular complexity index is 1070. The molecule has 0 aliphatic carbocycles. The Labute approximate surface area is 142 Å². The molecule has 0 aliphatic heterocycles. The van der Waals surface area contributed by atoms with Gasteiger partial charge in [0.05, 0.1) is 6.33 Å². The maximum absolute atomic E-state index is 12.3. The van der Waals surface area contributed by atoms with Crippen LogP contribution >= 0.6 is 0 Å². The van der Waals surface area contributed by atoms with Gasteiger partial charge in [0.15, 0.2) is 11.2 Å². The molecule has 25 heavy (non-hydrogen) atoms. The number of carbonyl (C=O) groups is 1. The van der Waals surface area contributed by atoms with Gasteiger partial charge in [-0.1, -0.05) is 29.8 Å². The van der Waals surface area contributed by atoms with Crippen LogP contribution in [-0.2, 0) is 36.8 Å². The summed E-state index contributed by atoms with van der Waals surface area (Å²) in [5.41, 5.74) is 1.43. The summed E-state index contributed by atoms with van der Waals surface area (Å²) in [6, 6.07) is 7.67. The summed E-state index contributed by atoms with van der Waals surface area (Å²) in [7, 11) is 2.91. The highest BCUT2D eigenvalue weighted by Crippen LogP contribution is 2.08. The number of hydrogen-bond acceptors (Lipinski definition) is 5. The van der Waals surface area contributed by atoms with Crippen LogP contribution in [0.1, 0.15) is 11.1 Å². The van der Waals surface area contributed by atoms with Crippen molar-refractivity contribution in [1.29, 1.82) is 0 Å². The molecule has 0 amide bonds. The minimum Gasteiger partial charge on any atom is -0.459 e. The number of rotatable bonds is 4. The van der Waals surface area contributed by atoms with Gasteiger partial charge in [0.25, 0.3) is 5.56 Å². The summed E-state index contributed by atoms with van der Waals surface area (Å²) < 4.78 is 8.92. The summed E-state index contributed by atoms with van der Waals surface area (Å²) in [6.07, 6.45) is 1.36. The lowest BCUT2D eigenvalue weighted by atomic mass is 10.1. The number of carbonyl (C=O) groups excluding carboxylic acids is 1. The predicted octanol–water partition coefficient (Wildman–Crippen LogP) is 0.486. The first-order valence-corrected chi connectivity index (χ1v) is 7.70. The van der Waals surface area contributed by atoms with Crippen LogP contribution in [0.3, 0.4) is 0 Å². The fourth-order valence-corrected chi connectivity index (χ4v) is 2.67. The van der Waals surface area contributed by atoms with Crippen LogP contribution in [0, 0.1) is 6.92 Å². The summed E-state index contributed by atoms with van der Waals surface area (Å²) >= 11 is 0. The highest BCUT2D eigenvalue weighted by atomic mass is 16.5. The van der Waals surface area contributed by atoms with Gasteiger partial charge in [-0.25, -0.2) is 9.78 Å². The molecular weight excluding hydrogens is 324 g/mol. The Balaban J connectivity index is 1.82. The van der Waals surface area contributed by atoms with E-state index < -0.39 is 17.2 Å². The Morgan fingerprint density at radius 2 is 1.96 bits per heavy atom. The molecule has 0 spiro atoms. The number of hydrogen-bond donors (Lipinski definition) is 0. The van der Waals surface area contributed by atoms with E-state index in [-0.39, 0.29) is 24.3 Å². The van der Waals surface area contributed by atoms with E-state index in [9.17, 15) is 14.4 Å². The lowest BCUT2D eigenvalue weighted by molar-refractivity contribution is -0.145. The molecule has 2 heterocycles. The van der Waals surface area contributed by atoms with Gasteiger partial charge >= 0.3 is 11.7 Å². The molecular formula is C17H18N4O4. The Morgan fingerprint density at radius 1 is 1.20 bits per heavy atom. The normalized spacial score (nSPS) is 11.0. The molecule has 0 fully saturated rings. The molecule has 0 aliphatic rings. The topological polar surface area (TPSA) is 88.1 Å². The number of aryl methyl sites for hydroxylation is 2. The summed E-state index contributed by atoms with van der Waals surface area (Å²) in [4.78, 5) is 40.4.